The SMILES string of the molecule is CCOC(=O)C(CNc1ccc(C)nc1)C(=O)OCC. The van der Waals surface area contributed by atoms with Gasteiger partial charge in [0.05, 0.1) is 25.1 Å². The second-order valence-corrected chi connectivity index (χ2v) is 4.13. The molecule has 0 amide bonds. The van der Waals surface area contributed by atoms with E-state index in [0.717, 1.165) is 11.4 Å². The molecule has 0 aliphatic carbocycles. The van der Waals surface area contributed by atoms with Crippen molar-refractivity contribution >= 4 is 17.6 Å². The fourth-order valence-corrected chi connectivity index (χ4v) is 1.54. The van der Waals surface area contributed by atoms with Crippen LogP contribution in [0.25, 0.3) is 0 Å². The van der Waals surface area contributed by atoms with E-state index in [9.17, 15) is 9.59 Å². The maximum atomic E-state index is 11.8. The van der Waals surface area contributed by atoms with Crippen LogP contribution in [0, 0.1) is 12.8 Å². The molecule has 1 aromatic rings. The Kier molecular flexibility index (Phi) is 6.49. The van der Waals surface area contributed by atoms with Crippen molar-refractivity contribution in [2.45, 2.75) is 20.8 Å². The largest absolute Gasteiger partial charge is 0.465 e. The van der Waals surface area contributed by atoms with Crippen LogP contribution in [0.4, 0.5) is 5.69 Å². The van der Waals surface area contributed by atoms with E-state index in [1.165, 1.54) is 0 Å². The summed E-state index contributed by atoms with van der Waals surface area (Å²) >= 11 is 0. The van der Waals surface area contributed by atoms with Gasteiger partial charge in [-0.15, -0.1) is 0 Å². The van der Waals surface area contributed by atoms with Crippen molar-refractivity contribution in [3.63, 3.8) is 0 Å². The Morgan fingerprint density at radius 1 is 1.20 bits per heavy atom. The van der Waals surface area contributed by atoms with Crippen molar-refractivity contribution in [1.82, 2.24) is 4.98 Å². The molecule has 20 heavy (non-hydrogen) atoms. The van der Waals surface area contributed by atoms with E-state index in [4.69, 9.17) is 9.47 Å². The molecule has 1 heterocycles. The lowest BCUT2D eigenvalue weighted by Crippen LogP contribution is -2.33. The highest BCUT2D eigenvalue weighted by molar-refractivity contribution is 5.95. The zero-order chi connectivity index (χ0) is 15.0. The van der Waals surface area contributed by atoms with E-state index < -0.39 is 17.9 Å². The zero-order valence-electron chi connectivity index (χ0n) is 12.0. The Morgan fingerprint density at radius 2 is 1.80 bits per heavy atom. The number of carbonyl (C=O) groups is 2. The number of anilines is 1. The number of pyridine rings is 1. The van der Waals surface area contributed by atoms with Crippen molar-refractivity contribution in [1.29, 1.82) is 0 Å². The smallest absolute Gasteiger partial charge is 0.322 e. The quantitative estimate of drug-likeness (QED) is 0.603. The van der Waals surface area contributed by atoms with Gasteiger partial charge in [0.2, 0.25) is 0 Å². The first-order valence-electron chi connectivity index (χ1n) is 6.58. The molecule has 0 fully saturated rings. The van der Waals surface area contributed by atoms with E-state index >= 15 is 0 Å². The molecule has 0 aromatic carbocycles. The normalized spacial score (nSPS) is 10.2. The van der Waals surface area contributed by atoms with E-state index in [2.05, 4.69) is 10.3 Å². The first kappa shape index (κ1) is 15.9. The van der Waals surface area contributed by atoms with Gasteiger partial charge in [-0.1, -0.05) is 0 Å². The first-order valence-corrected chi connectivity index (χ1v) is 6.58. The van der Waals surface area contributed by atoms with Crippen molar-refractivity contribution in [2.24, 2.45) is 5.92 Å². The molecule has 0 radical (unpaired) electrons. The lowest BCUT2D eigenvalue weighted by atomic mass is 10.1. The Hall–Kier alpha value is -2.11. The number of aryl methyl sites for hydroxylation is 1. The number of esters is 2. The highest BCUT2D eigenvalue weighted by atomic mass is 16.6. The Labute approximate surface area is 118 Å². The zero-order valence-corrected chi connectivity index (χ0v) is 12.0. The molecule has 110 valence electrons. The van der Waals surface area contributed by atoms with Gasteiger partial charge in [-0.05, 0) is 32.9 Å². The number of aromatic nitrogens is 1. The van der Waals surface area contributed by atoms with Crippen molar-refractivity contribution in [3.05, 3.63) is 24.0 Å². The van der Waals surface area contributed by atoms with Crippen LogP contribution < -0.4 is 5.32 Å². The lowest BCUT2D eigenvalue weighted by molar-refractivity contribution is -0.160. The third-order valence-corrected chi connectivity index (χ3v) is 2.56. The molecule has 6 heteroatoms. The summed E-state index contributed by atoms with van der Waals surface area (Å²) in [4.78, 5) is 27.6. The summed E-state index contributed by atoms with van der Waals surface area (Å²) in [5.41, 5.74) is 1.62. The third kappa shape index (κ3) is 4.87. The minimum atomic E-state index is -0.976. The van der Waals surface area contributed by atoms with Gasteiger partial charge in [0.25, 0.3) is 0 Å². The monoisotopic (exact) mass is 280 g/mol. The molecule has 0 saturated heterocycles. The number of ether oxygens (including phenoxy) is 2. The number of hydrogen-bond acceptors (Lipinski definition) is 6. The van der Waals surface area contributed by atoms with Gasteiger partial charge in [0.1, 0.15) is 0 Å². The maximum Gasteiger partial charge on any atom is 0.322 e. The molecule has 0 atom stereocenters. The summed E-state index contributed by atoms with van der Waals surface area (Å²) < 4.78 is 9.77. The van der Waals surface area contributed by atoms with E-state index in [1.54, 1.807) is 20.0 Å². The molecule has 1 N–H and O–H groups in total. The number of carbonyl (C=O) groups excluding carboxylic acids is 2. The Bertz CT molecular complexity index is 427. The summed E-state index contributed by atoms with van der Waals surface area (Å²) in [7, 11) is 0. The first-order chi connectivity index (χ1) is 9.58. The minimum absolute atomic E-state index is 0.113. The summed E-state index contributed by atoms with van der Waals surface area (Å²) in [6, 6.07) is 3.67. The van der Waals surface area contributed by atoms with Crippen LogP contribution in [0.2, 0.25) is 0 Å². The van der Waals surface area contributed by atoms with Gasteiger partial charge >= 0.3 is 11.9 Å². The lowest BCUT2D eigenvalue weighted by Gasteiger charge is -2.15. The predicted octanol–water partition coefficient (Wildman–Crippen LogP) is 1.54. The second-order valence-electron chi connectivity index (χ2n) is 4.13. The van der Waals surface area contributed by atoms with Gasteiger partial charge in [-0.25, -0.2) is 0 Å². The average Bonchev–Trinajstić information content (AvgIpc) is 2.42. The molecule has 0 aliphatic heterocycles. The van der Waals surface area contributed by atoms with Gasteiger partial charge < -0.3 is 14.8 Å². The van der Waals surface area contributed by atoms with Gasteiger partial charge in [-0.3, -0.25) is 14.6 Å². The van der Waals surface area contributed by atoms with Crippen LogP contribution in [0.15, 0.2) is 18.3 Å². The van der Waals surface area contributed by atoms with E-state index in [0.29, 0.717) is 0 Å². The maximum absolute atomic E-state index is 11.8. The average molecular weight is 280 g/mol. The fourth-order valence-electron chi connectivity index (χ4n) is 1.54. The molecule has 1 rings (SSSR count). The summed E-state index contributed by atoms with van der Waals surface area (Å²) in [5.74, 6) is -2.15. The number of nitrogens with zero attached hydrogens (tertiary/aromatic N) is 1. The number of nitrogens with one attached hydrogen (secondary N) is 1. The van der Waals surface area contributed by atoms with Crippen molar-refractivity contribution < 1.29 is 19.1 Å². The predicted molar refractivity (Wildman–Crippen MR) is 74.2 cm³/mol. The Balaban J connectivity index is 2.66. The highest BCUT2D eigenvalue weighted by Gasteiger charge is 2.29. The fraction of sp³-hybridized carbons (Fsp3) is 0.500. The molecule has 1 aromatic heterocycles. The van der Waals surface area contributed by atoms with Crippen LogP contribution in [0.1, 0.15) is 19.5 Å². The molecule has 0 bridgehead atoms. The van der Waals surface area contributed by atoms with Gasteiger partial charge in [-0.2, -0.15) is 0 Å². The van der Waals surface area contributed by atoms with Crippen molar-refractivity contribution in [3.8, 4) is 0 Å². The van der Waals surface area contributed by atoms with Gasteiger partial charge in [0, 0.05) is 12.2 Å². The molecular weight excluding hydrogens is 260 g/mol. The second kappa shape index (κ2) is 8.14. The summed E-state index contributed by atoms with van der Waals surface area (Å²) in [6.07, 6.45) is 1.64. The van der Waals surface area contributed by atoms with E-state index in [-0.39, 0.29) is 19.8 Å². The molecule has 0 aliphatic rings. The molecule has 6 nitrogen and oxygen atoms in total. The molecule has 0 spiro atoms. The van der Waals surface area contributed by atoms with Crippen LogP contribution in [-0.4, -0.2) is 36.7 Å². The highest BCUT2D eigenvalue weighted by Crippen LogP contribution is 2.09. The Morgan fingerprint density at radius 3 is 2.25 bits per heavy atom. The van der Waals surface area contributed by atoms with Crippen LogP contribution in [0.3, 0.4) is 0 Å². The summed E-state index contributed by atoms with van der Waals surface area (Å²) in [6.45, 7) is 5.82. The number of hydrogen-bond donors (Lipinski definition) is 1. The topological polar surface area (TPSA) is 77.5 Å². The third-order valence-electron chi connectivity index (χ3n) is 2.56. The van der Waals surface area contributed by atoms with Crippen molar-refractivity contribution in [2.75, 3.05) is 25.1 Å². The standard InChI is InChI=1S/C14H20N2O4/c1-4-19-13(17)12(14(18)20-5-2)9-16-11-7-6-10(3)15-8-11/h6-8,12,16H,4-5,9H2,1-3H3. The molecule has 0 unspecified atom stereocenters. The molecular formula is C14H20N2O4. The summed E-state index contributed by atoms with van der Waals surface area (Å²) in [5, 5.41) is 2.99. The van der Waals surface area contributed by atoms with Crippen LogP contribution in [-0.2, 0) is 19.1 Å². The van der Waals surface area contributed by atoms with Gasteiger partial charge in [0.15, 0.2) is 5.92 Å². The molecule has 0 saturated carbocycles. The van der Waals surface area contributed by atoms with Crippen LogP contribution >= 0.6 is 0 Å². The van der Waals surface area contributed by atoms with E-state index in [1.807, 2.05) is 19.1 Å². The minimum Gasteiger partial charge on any atom is -0.465 e. The number of rotatable bonds is 7. The van der Waals surface area contributed by atoms with Crippen LogP contribution in [0.5, 0.6) is 0 Å².